The average molecular weight is 253 g/mol. The van der Waals surface area contributed by atoms with Crippen LogP contribution in [-0.4, -0.2) is 5.78 Å². The number of hydrogen-bond donors (Lipinski definition) is 0. The van der Waals surface area contributed by atoms with Crippen molar-refractivity contribution in [1.29, 1.82) is 0 Å². The number of Topliss-reactive ketones (excluding diaryl/α,β-unsaturated/α-hetero) is 1. The van der Waals surface area contributed by atoms with Gasteiger partial charge in [-0.1, -0.05) is 18.5 Å². The summed E-state index contributed by atoms with van der Waals surface area (Å²) < 4.78 is 18.6. The van der Waals surface area contributed by atoms with E-state index < -0.39 is 5.82 Å². The van der Waals surface area contributed by atoms with E-state index in [4.69, 9.17) is 16.0 Å². The fraction of sp³-hybridized carbons (Fsp3) is 0.154. The standard InChI is InChI=1S/C13H10ClFO2/c1-2-11(16)13-6-5-12(17-13)8-3-4-9(14)10(15)7-8/h3-7H,2H2,1H3. The first kappa shape index (κ1) is 11.9. The summed E-state index contributed by atoms with van der Waals surface area (Å²) in [5.74, 6) is 0.157. The Hall–Kier alpha value is -1.61. The molecule has 2 aromatic rings. The lowest BCUT2D eigenvalue weighted by Crippen LogP contribution is -1.92. The Morgan fingerprint density at radius 2 is 2.12 bits per heavy atom. The van der Waals surface area contributed by atoms with E-state index in [2.05, 4.69) is 0 Å². The Balaban J connectivity index is 2.37. The van der Waals surface area contributed by atoms with Gasteiger partial charge in [0.05, 0.1) is 5.02 Å². The van der Waals surface area contributed by atoms with Gasteiger partial charge in [0, 0.05) is 12.0 Å². The third-order valence-corrected chi connectivity index (χ3v) is 2.71. The molecule has 0 aliphatic carbocycles. The van der Waals surface area contributed by atoms with Crippen molar-refractivity contribution in [3.8, 4) is 11.3 Å². The summed E-state index contributed by atoms with van der Waals surface area (Å²) in [5, 5.41) is 0.0603. The molecule has 0 spiro atoms. The molecule has 0 fully saturated rings. The van der Waals surface area contributed by atoms with E-state index in [1.165, 1.54) is 12.1 Å². The number of hydrogen-bond acceptors (Lipinski definition) is 2. The molecule has 88 valence electrons. The average Bonchev–Trinajstić information content (AvgIpc) is 2.81. The molecule has 0 saturated heterocycles. The normalized spacial score (nSPS) is 10.5. The van der Waals surface area contributed by atoms with E-state index in [9.17, 15) is 9.18 Å². The zero-order chi connectivity index (χ0) is 12.4. The molecule has 17 heavy (non-hydrogen) atoms. The predicted octanol–water partition coefficient (Wildman–Crippen LogP) is 4.33. The smallest absolute Gasteiger partial charge is 0.197 e. The molecule has 2 rings (SSSR count). The molecule has 1 aromatic carbocycles. The quantitative estimate of drug-likeness (QED) is 0.761. The highest BCUT2D eigenvalue weighted by molar-refractivity contribution is 6.30. The van der Waals surface area contributed by atoms with Gasteiger partial charge in [0.25, 0.3) is 0 Å². The van der Waals surface area contributed by atoms with Gasteiger partial charge in [-0.3, -0.25) is 4.79 Å². The number of ketones is 1. The summed E-state index contributed by atoms with van der Waals surface area (Å²) in [4.78, 5) is 11.4. The van der Waals surface area contributed by atoms with E-state index in [1.54, 1.807) is 25.1 Å². The van der Waals surface area contributed by atoms with Crippen LogP contribution in [-0.2, 0) is 0 Å². The molecular formula is C13H10ClFO2. The second kappa shape index (κ2) is 4.72. The SMILES string of the molecule is CCC(=O)c1ccc(-c2ccc(Cl)c(F)c2)o1. The van der Waals surface area contributed by atoms with Crippen molar-refractivity contribution in [2.75, 3.05) is 0 Å². The van der Waals surface area contributed by atoms with Crippen molar-refractivity contribution in [3.63, 3.8) is 0 Å². The van der Waals surface area contributed by atoms with Crippen molar-refractivity contribution >= 4 is 17.4 Å². The van der Waals surface area contributed by atoms with Gasteiger partial charge in [-0.15, -0.1) is 0 Å². The fourth-order valence-corrected chi connectivity index (χ4v) is 1.58. The first-order chi connectivity index (χ1) is 8.11. The van der Waals surface area contributed by atoms with Gasteiger partial charge < -0.3 is 4.42 Å². The first-order valence-corrected chi connectivity index (χ1v) is 5.58. The molecule has 0 atom stereocenters. The van der Waals surface area contributed by atoms with Gasteiger partial charge >= 0.3 is 0 Å². The number of furan rings is 1. The third-order valence-electron chi connectivity index (χ3n) is 2.41. The van der Waals surface area contributed by atoms with E-state index in [1.807, 2.05) is 0 Å². The molecule has 0 radical (unpaired) electrons. The zero-order valence-corrected chi connectivity index (χ0v) is 9.92. The number of carbonyl (C=O) groups is 1. The van der Waals surface area contributed by atoms with Crippen LogP contribution in [0, 0.1) is 5.82 Å². The molecule has 1 heterocycles. The van der Waals surface area contributed by atoms with Gasteiger partial charge in [0.1, 0.15) is 11.6 Å². The topological polar surface area (TPSA) is 30.2 Å². The van der Waals surface area contributed by atoms with Crippen LogP contribution in [0.2, 0.25) is 5.02 Å². The van der Waals surface area contributed by atoms with Crippen LogP contribution in [0.15, 0.2) is 34.7 Å². The van der Waals surface area contributed by atoms with E-state index in [0.29, 0.717) is 17.7 Å². The highest BCUT2D eigenvalue weighted by Crippen LogP contribution is 2.26. The van der Waals surface area contributed by atoms with Crippen LogP contribution in [0.5, 0.6) is 0 Å². The van der Waals surface area contributed by atoms with Crippen molar-refractivity contribution in [2.45, 2.75) is 13.3 Å². The minimum atomic E-state index is -0.510. The van der Waals surface area contributed by atoms with Gasteiger partial charge in [0.15, 0.2) is 11.5 Å². The highest BCUT2D eigenvalue weighted by atomic mass is 35.5. The maximum Gasteiger partial charge on any atom is 0.197 e. The summed E-state index contributed by atoms with van der Waals surface area (Å²) in [5.41, 5.74) is 0.557. The van der Waals surface area contributed by atoms with E-state index in [-0.39, 0.29) is 16.6 Å². The van der Waals surface area contributed by atoms with Crippen LogP contribution in [0.4, 0.5) is 4.39 Å². The van der Waals surface area contributed by atoms with Crippen LogP contribution >= 0.6 is 11.6 Å². The molecule has 0 saturated carbocycles. The minimum Gasteiger partial charge on any atom is -0.453 e. The summed E-state index contributed by atoms with van der Waals surface area (Å²) in [6, 6.07) is 7.61. The van der Waals surface area contributed by atoms with E-state index in [0.717, 1.165) is 0 Å². The molecule has 0 bridgehead atoms. The van der Waals surface area contributed by atoms with E-state index >= 15 is 0 Å². The Bertz CT molecular complexity index is 560. The lowest BCUT2D eigenvalue weighted by molar-refractivity contribution is 0.0962. The van der Waals surface area contributed by atoms with Gasteiger partial charge in [-0.05, 0) is 30.3 Å². The van der Waals surface area contributed by atoms with Gasteiger partial charge in [-0.25, -0.2) is 4.39 Å². The predicted molar refractivity (Wildman–Crippen MR) is 63.7 cm³/mol. The highest BCUT2D eigenvalue weighted by Gasteiger charge is 2.11. The number of rotatable bonds is 3. The summed E-state index contributed by atoms with van der Waals surface area (Å²) in [6.07, 6.45) is 0.377. The van der Waals surface area contributed by atoms with Crippen molar-refractivity contribution in [3.05, 3.63) is 46.9 Å². The van der Waals surface area contributed by atoms with Crippen LogP contribution in [0.1, 0.15) is 23.9 Å². The summed E-state index contributed by atoms with van der Waals surface area (Å²) in [7, 11) is 0. The molecule has 4 heteroatoms. The molecule has 1 aromatic heterocycles. The monoisotopic (exact) mass is 252 g/mol. The Morgan fingerprint density at radius 3 is 2.76 bits per heavy atom. The van der Waals surface area contributed by atoms with Crippen LogP contribution in [0.25, 0.3) is 11.3 Å². The number of halogens is 2. The molecule has 0 aliphatic rings. The Labute approximate surface area is 103 Å². The van der Waals surface area contributed by atoms with Crippen LogP contribution < -0.4 is 0 Å². The lowest BCUT2D eigenvalue weighted by atomic mass is 10.2. The van der Waals surface area contributed by atoms with Crippen molar-refractivity contribution < 1.29 is 13.6 Å². The maximum absolute atomic E-state index is 13.3. The van der Waals surface area contributed by atoms with Crippen LogP contribution in [0.3, 0.4) is 0 Å². The second-order valence-electron chi connectivity index (χ2n) is 3.57. The van der Waals surface area contributed by atoms with Gasteiger partial charge in [-0.2, -0.15) is 0 Å². The minimum absolute atomic E-state index is 0.0603. The third kappa shape index (κ3) is 2.39. The zero-order valence-electron chi connectivity index (χ0n) is 9.17. The maximum atomic E-state index is 13.3. The number of benzene rings is 1. The van der Waals surface area contributed by atoms with Gasteiger partial charge in [0.2, 0.25) is 0 Å². The summed E-state index contributed by atoms with van der Waals surface area (Å²) in [6.45, 7) is 1.76. The lowest BCUT2D eigenvalue weighted by Gasteiger charge is -1.99. The number of carbonyl (C=O) groups excluding carboxylic acids is 1. The molecule has 0 N–H and O–H groups in total. The molecule has 0 unspecified atom stereocenters. The fourth-order valence-electron chi connectivity index (χ4n) is 1.47. The molecule has 2 nitrogen and oxygen atoms in total. The Kier molecular flexibility index (Phi) is 3.29. The van der Waals surface area contributed by atoms with Crippen molar-refractivity contribution in [2.24, 2.45) is 0 Å². The molecular weight excluding hydrogens is 243 g/mol. The molecule has 0 aliphatic heterocycles. The second-order valence-corrected chi connectivity index (χ2v) is 3.98. The summed E-state index contributed by atoms with van der Waals surface area (Å²) >= 11 is 5.59. The van der Waals surface area contributed by atoms with Crippen molar-refractivity contribution in [1.82, 2.24) is 0 Å². The Morgan fingerprint density at radius 1 is 1.35 bits per heavy atom. The first-order valence-electron chi connectivity index (χ1n) is 5.20. The molecule has 0 amide bonds. The largest absolute Gasteiger partial charge is 0.453 e.